The van der Waals surface area contributed by atoms with E-state index in [1.807, 2.05) is 25.5 Å². The fourth-order valence-corrected chi connectivity index (χ4v) is 4.61. The molecule has 1 aliphatic rings. The van der Waals surface area contributed by atoms with Crippen LogP contribution < -0.4 is 0 Å². The number of ether oxygens (including phenoxy) is 1. The molecule has 1 aliphatic heterocycles. The Morgan fingerprint density at radius 3 is 2.88 bits per heavy atom. The van der Waals surface area contributed by atoms with Crippen LogP contribution >= 0.6 is 11.3 Å². The number of aryl methyl sites for hydroxylation is 1. The first kappa shape index (κ1) is 15.9. The fourth-order valence-electron chi connectivity index (χ4n) is 3.44. The van der Waals surface area contributed by atoms with Crippen molar-refractivity contribution in [1.29, 1.82) is 0 Å². The summed E-state index contributed by atoms with van der Waals surface area (Å²) in [5, 5.41) is 17.3. The van der Waals surface area contributed by atoms with Gasteiger partial charge in [-0.15, -0.1) is 11.3 Å². The lowest BCUT2D eigenvalue weighted by atomic mass is 9.92. The van der Waals surface area contributed by atoms with Crippen LogP contribution in [0.25, 0.3) is 32.5 Å². The monoisotopic (exact) mass is 366 g/mol. The molecule has 0 atom stereocenters. The Hall–Kier alpha value is -2.35. The largest absolute Gasteiger partial charge is 0.384 e. The molecular formula is C19H18N4O2S. The molecular weight excluding hydrogens is 348 g/mol. The van der Waals surface area contributed by atoms with Gasteiger partial charge in [-0.25, -0.2) is 9.97 Å². The minimum atomic E-state index is -0.792. The third kappa shape index (κ3) is 2.59. The lowest BCUT2D eigenvalue weighted by Crippen LogP contribution is -2.32. The molecule has 4 aromatic heterocycles. The molecule has 0 aliphatic carbocycles. The fraction of sp³-hybridized carbons (Fsp3) is 0.316. The number of pyridine rings is 2. The molecule has 5 heterocycles. The molecule has 0 aromatic carbocycles. The average Bonchev–Trinajstić information content (AvgIpc) is 3.23. The summed E-state index contributed by atoms with van der Waals surface area (Å²) in [5.74, 6) is 0. The van der Waals surface area contributed by atoms with Crippen LogP contribution in [0.15, 0.2) is 36.7 Å². The number of fused-ring (bicyclic) bond motifs is 2. The zero-order chi connectivity index (χ0) is 17.7. The van der Waals surface area contributed by atoms with E-state index in [-0.39, 0.29) is 0 Å². The predicted octanol–water partition coefficient (Wildman–Crippen LogP) is 3.24. The molecule has 1 fully saturated rings. The summed E-state index contributed by atoms with van der Waals surface area (Å²) < 4.78 is 7.15. The van der Waals surface area contributed by atoms with Gasteiger partial charge in [-0.05, 0) is 24.3 Å². The number of thiophene rings is 1. The summed E-state index contributed by atoms with van der Waals surface area (Å²) in [6.45, 7) is 1.19. The van der Waals surface area contributed by atoms with Crippen molar-refractivity contribution in [2.45, 2.75) is 18.4 Å². The third-order valence-electron chi connectivity index (χ3n) is 4.93. The normalized spacial score (nSPS) is 17.2. The Balaban J connectivity index is 1.56. The van der Waals surface area contributed by atoms with Gasteiger partial charge in [-0.3, -0.25) is 4.68 Å². The van der Waals surface area contributed by atoms with Crippen LogP contribution in [0.1, 0.15) is 17.7 Å². The van der Waals surface area contributed by atoms with Crippen molar-refractivity contribution in [3.05, 3.63) is 41.5 Å². The summed E-state index contributed by atoms with van der Waals surface area (Å²) in [6, 6.07) is 8.19. The number of rotatable bonds is 2. The molecule has 5 rings (SSSR count). The molecule has 1 saturated heterocycles. The van der Waals surface area contributed by atoms with Gasteiger partial charge in [0.2, 0.25) is 0 Å². The molecule has 0 bridgehead atoms. The first-order valence-corrected chi connectivity index (χ1v) is 9.43. The maximum atomic E-state index is 10.9. The van der Waals surface area contributed by atoms with E-state index in [0.717, 1.165) is 37.4 Å². The van der Waals surface area contributed by atoms with Gasteiger partial charge in [0.05, 0.1) is 5.69 Å². The molecule has 6 nitrogen and oxygen atoms in total. The van der Waals surface area contributed by atoms with Gasteiger partial charge in [0, 0.05) is 66.7 Å². The Morgan fingerprint density at radius 2 is 2.04 bits per heavy atom. The Bertz CT molecular complexity index is 1110. The van der Waals surface area contributed by atoms with Crippen molar-refractivity contribution >= 4 is 32.6 Å². The van der Waals surface area contributed by atoms with E-state index in [4.69, 9.17) is 9.72 Å². The maximum Gasteiger partial charge on any atom is 0.181 e. The Labute approximate surface area is 154 Å². The van der Waals surface area contributed by atoms with E-state index >= 15 is 0 Å². The summed E-state index contributed by atoms with van der Waals surface area (Å²) in [5.41, 5.74) is 1.78. The van der Waals surface area contributed by atoms with E-state index in [1.165, 1.54) is 0 Å². The quantitative estimate of drug-likeness (QED) is 0.590. The van der Waals surface area contributed by atoms with Gasteiger partial charge in [-0.2, -0.15) is 5.10 Å². The number of nitrogens with zero attached hydrogens (tertiary/aromatic N) is 4. The van der Waals surface area contributed by atoms with Crippen LogP contribution in [0.5, 0.6) is 0 Å². The molecule has 0 amide bonds. The van der Waals surface area contributed by atoms with E-state index in [2.05, 4.69) is 28.3 Å². The molecule has 26 heavy (non-hydrogen) atoms. The van der Waals surface area contributed by atoms with Crippen LogP contribution in [0.3, 0.4) is 0 Å². The minimum Gasteiger partial charge on any atom is -0.384 e. The van der Waals surface area contributed by atoms with Crippen molar-refractivity contribution < 1.29 is 9.84 Å². The number of hydrogen-bond donors (Lipinski definition) is 1. The second kappa shape index (κ2) is 5.84. The summed E-state index contributed by atoms with van der Waals surface area (Å²) >= 11 is 1.57. The second-order valence-corrected chi connectivity index (χ2v) is 7.82. The topological polar surface area (TPSA) is 73.1 Å². The van der Waals surface area contributed by atoms with Crippen LogP contribution in [0.2, 0.25) is 0 Å². The van der Waals surface area contributed by atoms with E-state index < -0.39 is 5.60 Å². The maximum absolute atomic E-state index is 10.9. The van der Waals surface area contributed by atoms with Gasteiger partial charge in [0.1, 0.15) is 10.4 Å². The Kier molecular flexibility index (Phi) is 3.56. The van der Waals surface area contributed by atoms with Gasteiger partial charge < -0.3 is 9.84 Å². The number of aliphatic hydroxyl groups is 1. The molecule has 0 radical (unpaired) electrons. The number of hydrogen-bond acceptors (Lipinski definition) is 6. The van der Waals surface area contributed by atoms with E-state index in [9.17, 15) is 5.11 Å². The smallest absolute Gasteiger partial charge is 0.181 e. The zero-order valence-corrected chi connectivity index (χ0v) is 15.2. The van der Waals surface area contributed by atoms with Crippen molar-refractivity contribution in [3.63, 3.8) is 0 Å². The highest BCUT2D eigenvalue weighted by molar-refractivity contribution is 7.18. The first-order valence-electron chi connectivity index (χ1n) is 8.62. The van der Waals surface area contributed by atoms with Crippen LogP contribution in [0, 0.1) is 0 Å². The van der Waals surface area contributed by atoms with Crippen molar-refractivity contribution in [1.82, 2.24) is 19.7 Å². The van der Waals surface area contributed by atoms with Crippen LogP contribution in [-0.2, 0) is 17.4 Å². The van der Waals surface area contributed by atoms with Crippen LogP contribution in [0.4, 0.5) is 0 Å². The standard InChI is InChI=1S/C19H18N4O2S/c1-23-11-14-8-13(10-20-17(14)22-23)15-3-2-12-9-16(26-18(12)21-15)19(24)4-6-25-7-5-19/h2-3,8-11,24H,4-7H2,1H3. The molecule has 132 valence electrons. The lowest BCUT2D eigenvalue weighted by Gasteiger charge is -2.30. The first-order chi connectivity index (χ1) is 12.6. The van der Waals surface area contributed by atoms with Gasteiger partial charge in [-0.1, -0.05) is 0 Å². The highest BCUT2D eigenvalue weighted by atomic mass is 32.1. The summed E-state index contributed by atoms with van der Waals surface area (Å²) in [7, 11) is 1.89. The highest BCUT2D eigenvalue weighted by Gasteiger charge is 2.33. The van der Waals surface area contributed by atoms with Crippen molar-refractivity contribution in [2.75, 3.05) is 13.2 Å². The van der Waals surface area contributed by atoms with E-state index in [0.29, 0.717) is 26.1 Å². The number of aromatic nitrogens is 4. The zero-order valence-electron chi connectivity index (χ0n) is 14.3. The molecule has 0 spiro atoms. The van der Waals surface area contributed by atoms with Gasteiger partial charge >= 0.3 is 0 Å². The van der Waals surface area contributed by atoms with Gasteiger partial charge in [0.15, 0.2) is 5.65 Å². The van der Waals surface area contributed by atoms with Gasteiger partial charge in [0.25, 0.3) is 0 Å². The molecule has 0 unspecified atom stereocenters. The lowest BCUT2D eigenvalue weighted by molar-refractivity contribution is -0.0655. The summed E-state index contributed by atoms with van der Waals surface area (Å²) in [4.78, 5) is 11.1. The minimum absolute atomic E-state index is 0.597. The SMILES string of the molecule is Cn1cc2cc(-c3ccc4cc(C5(O)CCOCC5)sc4n3)cnc2n1. The van der Waals surface area contributed by atoms with E-state index in [1.54, 1.807) is 16.0 Å². The predicted molar refractivity (Wildman–Crippen MR) is 101 cm³/mol. The second-order valence-electron chi connectivity index (χ2n) is 6.79. The molecule has 1 N–H and O–H groups in total. The molecule has 4 aromatic rings. The molecule has 0 saturated carbocycles. The van der Waals surface area contributed by atoms with Crippen molar-refractivity contribution in [3.8, 4) is 11.3 Å². The average molecular weight is 366 g/mol. The summed E-state index contributed by atoms with van der Waals surface area (Å²) in [6.07, 6.45) is 5.03. The molecule has 7 heteroatoms. The third-order valence-corrected chi connectivity index (χ3v) is 6.17. The van der Waals surface area contributed by atoms with Crippen LogP contribution in [-0.4, -0.2) is 38.1 Å². The Morgan fingerprint density at radius 1 is 1.19 bits per heavy atom. The highest BCUT2D eigenvalue weighted by Crippen LogP contribution is 2.39. The van der Waals surface area contributed by atoms with Crippen molar-refractivity contribution in [2.24, 2.45) is 7.05 Å².